The van der Waals surface area contributed by atoms with Crippen molar-refractivity contribution in [1.82, 2.24) is 4.37 Å². The van der Waals surface area contributed by atoms with E-state index in [9.17, 15) is 4.79 Å². The number of fused-ring (bicyclic) bond motifs is 1. The van der Waals surface area contributed by atoms with E-state index in [0.717, 1.165) is 29.3 Å². The number of aryl methyl sites for hydroxylation is 1. The van der Waals surface area contributed by atoms with Crippen LogP contribution < -0.4 is 10.2 Å². The van der Waals surface area contributed by atoms with E-state index in [2.05, 4.69) is 15.8 Å². The second-order valence-corrected chi connectivity index (χ2v) is 5.33. The summed E-state index contributed by atoms with van der Waals surface area (Å²) in [6.07, 6.45) is 0.924. The van der Waals surface area contributed by atoms with E-state index >= 15 is 0 Å². The third-order valence-corrected chi connectivity index (χ3v) is 4.39. The molecule has 2 aromatic rings. The molecule has 0 spiro atoms. The maximum atomic E-state index is 12.7. The number of carbonyl (C=O) groups excluding carboxylic acids is 1. The summed E-state index contributed by atoms with van der Waals surface area (Å²) >= 11 is 1.34. The predicted molar refractivity (Wildman–Crippen MR) is 78.2 cm³/mol. The number of nitrogens with one attached hydrogen (secondary N) is 1. The van der Waals surface area contributed by atoms with Crippen molar-refractivity contribution in [2.75, 3.05) is 23.8 Å². The Balaban J connectivity index is 2.00. The van der Waals surface area contributed by atoms with Gasteiger partial charge in [0.1, 0.15) is 5.00 Å². The normalized spacial score (nSPS) is 13.5. The van der Waals surface area contributed by atoms with E-state index in [1.54, 1.807) is 0 Å². The summed E-state index contributed by atoms with van der Waals surface area (Å²) in [6, 6.07) is 8.08. The van der Waals surface area contributed by atoms with Crippen molar-refractivity contribution >= 4 is 28.1 Å². The van der Waals surface area contributed by atoms with Crippen LogP contribution in [-0.2, 0) is 6.42 Å². The van der Waals surface area contributed by atoms with Gasteiger partial charge in [-0.15, -0.1) is 0 Å². The van der Waals surface area contributed by atoms with Gasteiger partial charge in [0.25, 0.3) is 5.91 Å². The van der Waals surface area contributed by atoms with Crippen molar-refractivity contribution in [3.8, 4) is 0 Å². The monoisotopic (exact) mass is 273 g/mol. The number of aromatic nitrogens is 1. The van der Waals surface area contributed by atoms with E-state index in [0.29, 0.717) is 5.56 Å². The van der Waals surface area contributed by atoms with Gasteiger partial charge in [0.2, 0.25) is 0 Å². The van der Waals surface area contributed by atoms with E-state index in [4.69, 9.17) is 0 Å². The molecule has 0 aliphatic carbocycles. The molecular weight excluding hydrogens is 258 g/mol. The molecule has 1 N–H and O–H groups in total. The Hall–Kier alpha value is -1.88. The summed E-state index contributed by atoms with van der Waals surface area (Å²) in [4.78, 5) is 14.6. The first-order chi connectivity index (χ1) is 9.22. The minimum Gasteiger partial charge on any atom is -0.378 e. The highest BCUT2D eigenvalue weighted by Gasteiger charge is 2.28. The van der Waals surface area contributed by atoms with Crippen LogP contribution >= 0.6 is 11.5 Å². The van der Waals surface area contributed by atoms with Crippen LogP contribution in [0.15, 0.2) is 24.3 Å². The Morgan fingerprint density at radius 1 is 1.42 bits per heavy atom. The number of para-hydroxylation sites is 1. The lowest BCUT2D eigenvalue weighted by molar-refractivity contribution is 0.0989. The minimum atomic E-state index is 0.0422. The summed E-state index contributed by atoms with van der Waals surface area (Å²) in [6.45, 7) is 2.63. The van der Waals surface area contributed by atoms with Gasteiger partial charge in [-0.25, -0.2) is 0 Å². The van der Waals surface area contributed by atoms with Gasteiger partial charge in [0.05, 0.1) is 11.3 Å². The first-order valence-electron chi connectivity index (χ1n) is 6.26. The molecule has 0 unspecified atom stereocenters. The summed E-state index contributed by atoms with van der Waals surface area (Å²) in [7, 11) is 1.82. The fraction of sp³-hybridized carbons (Fsp3) is 0.286. The smallest absolute Gasteiger partial charge is 0.263 e. The Morgan fingerprint density at radius 3 is 3.00 bits per heavy atom. The molecular formula is C14H15N3OS. The average Bonchev–Trinajstić information content (AvgIpc) is 3.01. The van der Waals surface area contributed by atoms with Crippen molar-refractivity contribution in [2.24, 2.45) is 0 Å². The summed E-state index contributed by atoms with van der Waals surface area (Å²) in [5, 5.41) is 3.89. The lowest BCUT2D eigenvalue weighted by Gasteiger charge is -2.17. The maximum absolute atomic E-state index is 12.7. The number of nitrogens with zero attached hydrogens (tertiary/aromatic N) is 2. The molecule has 19 heavy (non-hydrogen) atoms. The van der Waals surface area contributed by atoms with E-state index in [-0.39, 0.29) is 5.91 Å². The zero-order valence-electron chi connectivity index (χ0n) is 10.9. The van der Waals surface area contributed by atoms with Gasteiger partial charge in [0.15, 0.2) is 0 Å². The molecule has 1 aliphatic heterocycles. The fourth-order valence-electron chi connectivity index (χ4n) is 2.48. The van der Waals surface area contributed by atoms with Gasteiger partial charge >= 0.3 is 0 Å². The van der Waals surface area contributed by atoms with E-state index in [1.165, 1.54) is 17.1 Å². The molecule has 0 radical (unpaired) electrons. The van der Waals surface area contributed by atoms with Crippen molar-refractivity contribution in [2.45, 2.75) is 13.3 Å². The molecule has 1 aromatic carbocycles. The number of amides is 1. The van der Waals surface area contributed by atoms with Gasteiger partial charge in [-0.3, -0.25) is 4.79 Å². The van der Waals surface area contributed by atoms with Crippen LogP contribution in [0.3, 0.4) is 0 Å². The quantitative estimate of drug-likeness (QED) is 0.915. The largest absolute Gasteiger partial charge is 0.378 e. The molecule has 3 rings (SSSR count). The summed E-state index contributed by atoms with van der Waals surface area (Å²) in [5.74, 6) is 0.0422. The van der Waals surface area contributed by atoms with Gasteiger partial charge in [-0.1, -0.05) is 18.2 Å². The fourth-order valence-corrected chi connectivity index (χ4v) is 3.21. The topological polar surface area (TPSA) is 45.2 Å². The van der Waals surface area contributed by atoms with Crippen LogP contribution in [0.4, 0.5) is 10.7 Å². The molecule has 0 saturated carbocycles. The van der Waals surface area contributed by atoms with Gasteiger partial charge < -0.3 is 10.2 Å². The Bertz CT molecular complexity index is 635. The van der Waals surface area contributed by atoms with Crippen LogP contribution in [0.1, 0.15) is 21.6 Å². The van der Waals surface area contributed by atoms with Gasteiger partial charge in [-0.05, 0) is 36.5 Å². The van der Waals surface area contributed by atoms with Crippen LogP contribution in [0.25, 0.3) is 0 Å². The maximum Gasteiger partial charge on any atom is 0.263 e. The van der Waals surface area contributed by atoms with E-state index < -0.39 is 0 Å². The van der Waals surface area contributed by atoms with Crippen molar-refractivity contribution in [3.05, 3.63) is 41.1 Å². The molecule has 0 fully saturated rings. The molecule has 1 amide bonds. The van der Waals surface area contributed by atoms with Crippen LogP contribution in [-0.4, -0.2) is 23.9 Å². The lowest BCUT2D eigenvalue weighted by Crippen LogP contribution is -2.29. The standard InChI is InChI=1S/C14H15N3OS/c1-9-12(13(15-2)19-16-9)14(18)17-8-7-10-5-3-4-6-11(10)17/h3-6,15H,7-8H2,1-2H3. The van der Waals surface area contributed by atoms with Crippen LogP contribution in [0, 0.1) is 6.92 Å². The third kappa shape index (κ3) is 1.90. The first kappa shape index (κ1) is 12.2. The number of benzene rings is 1. The van der Waals surface area contributed by atoms with Crippen LogP contribution in [0.2, 0.25) is 0 Å². The van der Waals surface area contributed by atoms with Crippen molar-refractivity contribution < 1.29 is 4.79 Å². The SMILES string of the molecule is CNc1snc(C)c1C(=O)N1CCc2ccccc21. The predicted octanol–water partition coefficient (Wildman–Crippen LogP) is 2.70. The Kier molecular flexibility index (Phi) is 2.98. The number of hydrogen-bond acceptors (Lipinski definition) is 4. The zero-order valence-corrected chi connectivity index (χ0v) is 11.8. The van der Waals surface area contributed by atoms with Crippen LogP contribution in [0.5, 0.6) is 0 Å². The molecule has 0 atom stereocenters. The Morgan fingerprint density at radius 2 is 2.21 bits per heavy atom. The number of anilines is 2. The summed E-state index contributed by atoms with van der Waals surface area (Å²) in [5.41, 5.74) is 3.76. The average molecular weight is 273 g/mol. The highest BCUT2D eigenvalue weighted by Crippen LogP contribution is 2.32. The van der Waals surface area contributed by atoms with E-state index in [1.807, 2.05) is 37.1 Å². The van der Waals surface area contributed by atoms with Crippen molar-refractivity contribution in [3.63, 3.8) is 0 Å². The first-order valence-corrected chi connectivity index (χ1v) is 7.03. The summed E-state index contributed by atoms with van der Waals surface area (Å²) < 4.78 is 4.27. The molecule has 4 nitrogen and oxygen atoms in total. The lowest BCUT2D eigenvalue weighted by atomic mass is 10.1. The second kappa shape index (κ2) is 4.66. The molecule has 1 aliphatic rings. The zero-order chi connectivity index (χ0) is 13.4. The number of rotatable bonds is 2. The highest BCUT2D eigenvalue weighted by atomic mass is 32.1. The molecule has 98 valence electrons. The molecule has 2 heterocycles. The van der Waals surface area contributed by atoms with Gasteiger partial charge in [-0.2, -0.15) is 4.37 Å². The Labute approximate surface area is 116 Å². The van der Waals surface area contributed by atoms with Gasteiger partial charge in [0, 0.05) is 19.3 Å². The third-order valence-electron chi connectivity index (χ3n) is 3.44. The second-order valence-electron chi connectivity index (χ2n) is 4.56. The van der Waals surface area contributed by atoms with Crippen molar-refractivity contribution in [1.29, 1.82) is 0 Å². The number of carbonyl (C=O) groups is 1. The highest BCUT2D eigenvalue weighted by molar-refractivity contribution is 7.10. The number of hydrogen-bond donors (Lipinski definition) is 1. The molecule has 0 bridgehead atoms. The minimum absolute atomic E-state index is 0.0422. The molecule has 1 aromatic heterocycles. The molecule has 5 heteroatoms. The molecule has 0 saturated heterocycles.